The maximum absolute atomic E-state index is 6.32. The summed E-state index contributed by atoms with van der Waals surface area (Å²) in [5.41, 5.74) is 6.32. The Morgan fingerprint density at radius 3 is 2.31 bits per heavy atom. The van der Waals surface area contributed by atoms with E-state index in [1.807, 2.05) is 0 Å². The van der Waals surface area contributed by atoms with Gasteiger partial charge in [0, 0.05) is 15.4 Å². The number of rotatable bonds is 6. The molecule has 2 N–H and O–H groups in total. The van der Waals surface area contributed by atoms with Crippen LogP contribution in [0.2, 0.25) is 4.34 Å². The molecule has 0 aliphatic carbocycles. The van der Waals surface area contributed by atoms with Gasteiger partial charge < -0.3 is 5.73 Å². The summed E-state index contributed by atoms with van der Waals surface area (Å²) in [6.07, 6.45) is 4.78. The molecule has 4 heteroatoms. The molecule has 0 aromatic carbocycles. The largest absolute Gasteiger partial charge is 0.323 e. The molecular formula is C12H19BrClNS. The minimum atomic E-state index is 0.133. The van der Waals surface area contributed by atoms with Crippen LogP contribution < -0.4 is 5.73 Å². The Morgan fingerprint density at radius 2 is 1.94 bits per heavy atom. The molecule has 0 aliphatic heterocycles. The van der Waals surface area contributed by atoms with Crippen LogP contribution in [0.4, 0.5) is 0 Å². The van der Waals surface area contributed by atoms with Crippen LogP contribution in [-0.2, 0) is 0 Å². The van der Waals surface area contributed by atoms with Crippen molar-refractivity contribution < 1.29 is 0 Å². The Kier molecular flexibility index (Phi) is 6.34. The molecule has 1 nitrogen and oxygen atoms in total. The summed E-state index contributed by atoms with van der Waals surface area (Å²) < 4.78 is 1.77. The van der Waals surface area contributed by atoms with Crippen molar-refractivity contribution in [1.29, 1.82) is 0 Å². The van der Waals surface area contributed by atoms with Crippen molar-refractivity contribution in [3.63, 3.8) is 0 Å². The smallest absolute Gasteiger partial charge is 0.107 e. The fourth-order valence-corrected chi connectivity index (χ4v) is 3.84. The normalized spacial score (nSPS) is 13.4. The van der Waals surface area contributed by atoms with Gasteiger partial charge in [0.25, 0.3) is 0 Å². The molecule has 1 unspecified atom stereocenters. The van der Waals surface area contributed by atoms with Gasteiger partial charge in [-0.05, 0) is 40.8 Å². The van der Waals surface area contributed by atoms with E-state index in [1.165, 1.54) is 30.6 Å². The van der Waals surface area contributed by atoms with Crippen molar-refractivity contribution in [3.8, 4) is 0 Å². The molecule has 0 amide bonds. The minimum absolute atomic E-state index is 0.133. The molecule has 1 atom stereocenters. The molecule has 16 heavy (non-hydrogen) atoms. The standard InChI is InChI=1S/C12H19BrClNS/c1-3-5-8(6-4-2)11(15)10-7-9(13)12(14)16-10/h7-8,11H,3-6,15H2,1-2H3. The quantitative estimate of drug-likeness (QED) is 0.747. The van der Waals surface area contributed by atoms with Crippen LogP contribution in [-0.4, -0.2) is 0 Å². The first-order valence-corrected chi connectivity index (χ1v) is 7.79. The average molecular weight is 325 g/mol. The Balaban J connectivity index is 2.76. The maximum Gasteiger partial charge on any atom is 0.107 e. The first-order chi connectivity index (χ1) is 7.60. The highest BCUT2D eigenvalue weighted by molar-refractivity contribution is 9.10. The van der Waals surface area contributed by atoms with Crippen LogP contribution in [0.5, 0.6) is 0 Å². The summed E-state index contributed by atoms with van der Waals surface area (Å²) in [6.45, 7) is 4.43. The van der Waals surface area contributed by atoms with E-state index in [2.05, 4.69) is 35.8 Å². The third-order valence-electron chi connectivity index (χ3n) is 2.82. The molecule has 0 fully saturated rings. The minimum Gasteiger partial charge on any atom is -0.323 e. The highest BCUT2D eigenvalue weighted by Gasteiger charge is 2.20. The van der Waals surface area contributed by atoms with Crippen molar-refractivity contribution in [3.05, 3.63) is 19.8 Å². The van der Waals surface area contributed by atoms with Crippen molar-refractivity contribution in [2.45, 2.75) is 45.6 Å². The highest BCUT2D eigenvalue weighted by Crippen LogP contribution is 2.38. The van der Waals surface area contributed by atoms with Crippen LogP contribution in [0.15, 0.2) is 10.5 Å². The number of thiophene rings is 1. The summed E-state index contributed by atoms with van der Waals surface area (Å²) >= 11 is 11.1. The van der Waals surface area contributed by atoms with Gasteiger partial charge >= 0.3 is 0 Å². The third kappa shape index (κ3) is 3.73. The van der Waals surface area contributed by atoms with E-state index in [9.17, 15) is 0 Å². The van der Waals surface area contributed by atoms with Crippen molar-refractivity contribution in [2.75, 3.05) is 0 Å². The van der Waals surface area contributed by atoms with Crippen LogP contribution in [0.3, 0.4) is 0 Å². The monoisotopic (exact) mass is 323 g/mol. The maximum atomic E-state index is 6.32. The molecule has 0 radical (unpaired) electrons. The lowest BCUT2D eigenvalue weighted by molar-refractivity contribution is 0.372. The Labute approximate surface area is 116 Å². The second-order valence-electron chi connectivity index (χ2n) is 4.13. The highest BCUT2D eigenvalue weighted by atomic mass is 79.9. The number of nitrogens with two attached hydrogens (primary N) is 1. The van der Waals surface area contributed by atoms with Crippen molar-refractivity contribution in [1.82, 2.24) is 0 Å². The van der Waals surface area contributed by atoms with E-state index in [-0.39, 0.29) is 6.04 Å². The van der Waals surface area contributed by atoms with Gasteiger partial charge in [0.15, 0.2) is 0 Å². The predicted octanol–water partition coefficient (Wildman–Crippen LogP) is 5.38. The van der Waals surface area contributed by atoms with Crippen LogP contribution >= 0.6 is 38.9 Å². The van der Waals surface area contributed by atoms with Gasteiger partial charge in [-0.3, -0.25) is 0 Å². The molecule has 92 valence electrons. The van der Waals surface area contributed by atoms with E-state index >= 15 is 0 Å². The second kappa shape index (κ2) is 7.00. The van der Waals surface area contributed by atoms with E-state index < -0.39 is 0 Å². The lowest BCUT2D eigenvalue weighted by atomic mass is 9.90. The first kappa shape index (κ1) is 14.5. The molecule has 1 aromatic rings. The Bertz CT molecular complexity index is 301. The van der Waals surface area contributed by atoms with E-state index in [4.69, 9.17) is 17.3 Å². The second-order valence-corrected chi connectivity index (χ2v) is 6.67. The fraction of sp³-hybridized carbons (Fsp3) is 0.667. The fourth-order valence-electron chi connectivity index (χ4n) is 2.00. The summed E-state index contributed by atoms with van der Waals surface area (Å²) in [5.74, 6) is 0.580. The number of hydrogen-bond acceptors (Lipinski definition) is 2. The van der Waals surface area contributed by atoms with Crippen LogP contribution in [0, 0.1) is 5.92 Å². The van der Waals surface area contributed by atoms with E-state index in [0.29, 0.717) is 5.92 Å². The zero-order valence-electron chi connectivity index (χ0n) is 9.80. The zero-order chi connectivity index (χ0) is 12.1. The van der Waals surface area contributed by atoms with Crippen LogP contribution in [0.25, 0.3) is 0 Å². The molecule has 0 saturated heterocycles. The molecular weight excluding hydrogens is 306 g/mol. The molecule has 0 bridgehead atoms. The lowest BCUT2D eigenvalue weighted by Gasteiger charge is -2.22. The Hall–Kier alpha value is 0.430. The van der Waals surface area contributed by atoms with Gasteiger partial charge in [-0.2, -0.15) is 0 Å². The predicted molar refractivity (Wildman–Crippen MR) is 77.3 cm³/mol. The number of halogens is 2. The third-order valence-corrected chi connectivity index (χ3v) is 5.40. The number of hydrogen-bond donors (Lipinski definition) is 1. The molecule has 1 heterocycles. The molecule has 0 aliphatic rings. The molecule has 1 rings (SSSR count). The van der Waals surface area contributed by atoms with Gasteiger partial charge in [0.1, 0.15) is 4.34 Å². The summed E-state index contributed by atoms with van der Waals surface area (Å²) in [5, 5.41) is 0. The van der Waals surface area contributed by atoms with Gasteiger partial charge in [-0.15, -0.1) is 11.3 Å². The molecule has 0 saturated carbocycles. The summed E-state index contributed by atoms with van der Waals surface area (Å²) in [7, 11) is 0. The van der Waals surface area contributed by atoms with Gasteiger partial charge in [0.05, 0.1) is 0 Å². The molecule has 1 aromatic heterocycles. The Morgan fingerprint density at radius 1 is 1.38 bits per heavy atom. The topological polar surface area (TPSA) is 26.0 Å². The zero-order valence-corrected chi connectivity index (χ0v) is 13.0. The van der Waals surface area contributed by atoms with Crippen LogP contribution in [0.1, 0.15) is 50.4 Å². The molecule has 0 spiro atoms. The van der Waals surface area contributed by atoms with Gasteiger partial charge in [-0.25, -0.2) is 0 Å². The first-order valence-electron chi connectivity index (χ1n) is 5.80. The van der Waals surface area contributed by atoms with E-state index in [0.717, 1.165) is 8.81 Å². The van der Waals surface area contributed by atoms with Gasteiger partial charge in [0.2, 0.25) is 0 Å². The summed E-state index contributed by atoms with van der Waals surface area (Å²) in [4.78, 5) is 1.20. The van der Waals surface area contributed by atoms with Gasteiger partial charge in [-0.1, -0.05) is 38.3 Å². The van der Waals surface area contributed by atoms with Crippen molar-refractivity contribution >= 4 is 38.9 Å². The lowest BCUT2D eigenvalue weighted by Crippen LogP contribution is -2.20. The SMILES string of the molecule is CCCC(CCC)C(N)c1cc(Br)c(Cl)s1. The van der Waals surface area contributed by atoms with Crippen molar-refractivity contribution in [2.24, 2.45) is 11.7 Å². The van der Waals surface area contributed by atoms with E-state index in [1.54, 1.807) is 11.3 Å². The summed E-state index contributed by atoms with van der Waals surface area (Å²) in [6, 6.07) is 2.20. The average Bonchev–Trinajstić information content (AvgIpc) is 2.58.